The predicted octanol–water partition coefficient (Wildman–Crippen LogP) is 5.10. The SMILES string of the molecule is CCOC(=O)C1=C(C)N=c2sc(=Cc3ccc(OCc4ccccc4Cl)cc3)c(=O)n2[C@H]1c1ccc(N(C)C)cc1. The van der Waals surface area contributed by atoms with Crippen molar-refractivity contribution in [2.45, 2.75) is 26.5 Å². The van der Waals surface area contributed by atoms with Crippen LogP contribution in [0.2, 0.25) is 5.02 Å². The molecule has 7 nitrogen and oxygen atoms in total. The van der Waals surface area contributed by atoms with Gasteiger partial charge in [0, 0.05) is 30.4 Å². The smallest absolute Gasteiger partial charge is 0.338 e. The fourth-order valence-corrected chi connectivity index (χ4v) is 5.89. The summed E-state index contributed by atoms with van der Waals surface area (Å²) in [4.78, 5) is 34.1. The zero-order valence-electron chi connectivity index (χ0n) is 23.3. The molecule has 0 amide bonds. The second kappa shape index (κ2) is 12.2. The second-order valence-corrected chi connectivity index (χ2v) is 11.2. The van der Waals surface area contributed by atoms with Gasteiger partial charge in [-0.1, -0.05) is 65.4 Å². The lowest BCUT2D eigenvalue weighted by Crippen LogP contribution is -2.39. The Morgan fingerprint density at radius 3 is 2.44 bits per heavy atom. The van der Waals surface area contributed by atoms with Crippen LogP contribution in [-0.2, 0) is 16.1 Å². The van der Waals surface area contributed by atoms with Crippen LogP contribution in [0.1, 0.15) is 36.6 Å². The molecule has 0 bridgehead atoms. The lowest BCUT2D eigenvalue weighted by atomic mass is 9.95. The zero-order valence-corrected chi connectivity index (χ0v) is 24.8. The van der Waals surface area contributed by atoms with Gasteiger partial charge in [0.05, 0.1) is 28.5 Å². The van der Waals surface area contributed by atoms with Crippen molar-refractivity contribution < 1.29 is 14.3 Å². The van der Waals surface area contributed by atoms with Crippen molar-refractivity contribution in [2.75, 3.05) is 25.6 Å². The number of rotatable bonds is 8. The number of allylic oxidation sites excluding steroid dienone is 1. The number of carbonyl (C=O) groups excluding carboxylic acids is 1. The van der Waals surface area contributed by atoms with Crippen LogP contribution in [0.4, 0.5) is 5.69 Å². The number of esters is 1. The van der Waals surface area contributed by atoms with Crippen LogP contribution >= 0.6 is 22.9 Å². The number of hydrogen-bond acceptors (Lipinski definition) is 7. The summed E-state index contributed by atoms with van der Waals surface area (Å²) in [6.07, 6.45) is 1.83. The van der Waals surface area contributed by atoms with Gasteiger partial charge in [-0.15, -0.1) is 0 Å². The third-order valence-corrected chi connectivity index (χ3v) is 8.12. The van der Waals surface area contributed by atoms with E-state index in [1.165, 1.54) is 11.3 Å². The molecule has 210 valence electrons. The highest BCUT2D eigenvalue weighted by atomic mass is 35.5. The van der Waals surface area contributed by atoms with Gasteiger partial charge < -0.3 is 14.4 Å². The zero-order chi connectivity index (χ0) is 29.1. The van der Waals surface area contributed by atoms with Crippen molar-refractivity contribution >= 4 is 40.7 Å². The number of anilines is 1. The van der Waals surface area contributed by atoms with Crippen LogP contribution in [0.15, 0.2) is 93.9 Å². The van der Waals surface area contributed by atoms with Gasteiger partial charge in [-0.05, 0) is 61.4 Å². The molecule has 0 N–H and O–H groups in total. The number of benzene rings is 3. The van der Waals surface area contributed by atoms with E-state index < -0.39 is 12.0 Å². The third-order valence-electron chi connectivity index (χ3n) is 6.77. The van der Waals surface area contributed by atoms with Crippen molar-refractivity contribution in [1.29, 1.82) is 0 Å². The summed E-state index contributed by atoms with van der Waals surface area (Å²) in [5, 5.41) is 0.660. The van der Waals surface area contributed by atoms with Gasteiger partial charge in [-0.3, -0.25) is 9.36 Å². The van der Waals surface area contributed by atoms with Crippen molar-refractivity contribution in [3.8, 4) is 5.75 Å². The first-order valence-corrected chi connectivity index (χ1v) is 14.4. The Hall–Kier alpha value is -4.14. The average molecular weight is 588 g/mol. The second-order valence-electron chi connectivity index (χ2n) is 9.74. The molecule has 0 unspecified atom stereocenters. The minimum absolute atomic E-state index is 0.219. The maximum atomic E-state index is 13.8. The first kappa shape index (κ1) is 28.4. The lowest BCUT2D eigenvalue weighted by molar-refractivity contribution is -0.139. The average Bonchev–Trinajstić information content (AvgIpc) is 3.26. The van der Waals surface area contributed by atoms with Crippen molar-refractivity contribution in [3.05, 3.63) is 125 Å². The van der Waals surface area contributed by atoms with Crippen LogP contribution in [0.5, 0.6) is 5.75 Å². The molecular formula is C32H30ClN3O4S. The fourth-order valence-electron chi connectivity index (χ4n) is 4.65. The summed E-state index contributed by atoms with van der Waals surface area (Å²) in [6, 6.07) is 22.2. The Balaban J connectivity index is 1.50. The number of carbonyl (C=O) groups is 1. The molecule has 0 aliphatic carbocycles. The number of fused-ring (bicyclic) bond motifs is 1. The molecular weight excluding hydrogens is 558 g/mol. The Kier molecular flexibility index (Phi) is 8.42. The molecule has 0 saturated heterocycles. The summed E-state index contributed by atoms with van der Waals surface area (Å²) in [6.45, 7) is 4.13. The van der Waals surface area contributed by atoms with Crippen LogP contribution in [0.25, 0.3) is 6.08 Å². The van der Waals surface area contributed by atoms with Crippen LogP contribution in [0, 0.1) is 0 Å². The maximum Gasteiger partial charge on any atom is 0.338 e. The third kappa shape index (κ3) is 5.99. The van der Waals surface area contributed by atoms with E-state index in [9.17, 15) is 9.59 Å². The maximum absolute atomic E-state index is 13.8. The van der Waals surface area contributed by atoms with Gasteiger partial charge in [-0.2, -0.15) is 0 Å². The van der Waals surface area contributed by atoms with Crippen LogP contribution in [0.3, 0.4) is 0 Å². The number of thiazole rings is 1. The molecule has 2 heterocycles. The standard InChI is InChI=1S/C32H30ClN3O4S/c1-5-39-31(38)28-20(2)34-32-36(29(28)22-12-14-24(15-13-22)35(3)4)30(37)27(41-32)18-21-10-16-25(17-11-21)40-19-23-8-6-7-9-26(23)33/h6-18,29H,5,19H2,1-4H3/t29-/m0/s1. The van der Waals surface area contributed by atoms with Crippen LogP contribution in [-0.4, -0.2) is 31.2 Å². The Bertz CT molecular complexity index is 1790. The molecule has 4 aromatic rings. The monoisotopic (exact) mass is 587 g/mol. The minimum Gasteiger partial charge on any atom is -0.489 e. The van der Waals surface area contributed by atoms with Gasteiger partial charge in [0.1, 0.15) is 12.4 Å². The molecule has 1 aliphatic heterocycles. The molecule has 0 fully saturated rings. The van der Waals surface area contributed by atoms with E-state index in [2.05, 4.69) is 4.99 Å². The van der Waals surface area contributed by atoms with E-state index in [0.29, 0.717) is 38.0 Å². The molecule has 41 heavy (non-hydrogen) atoms. The van der Waals surface area contributed by atoms with E-state index in [1.54, 1.807) is 18.4 Å². The highest BCUT2D eigenvalue weighted by molar-refractivity contribution is 7.07. The molecule has 5 rings (SSSR count). The molecule has 0 spiro atoms. The van der Waals surface area contributed by atoms with Gasteiger partial charge in [-0.25, -0.2) is 9.79 Å². The summed E-state index contributed by atoms with van der Waals surface area (Å²) in [7, 11) is 3.92. The molecule has 0 radical (unpaired) electrons. The first-order valence-electron chi connectivity index (χ1n) is 13.2. The van der Waals surface area contributed by atoms with E-state index in [1.807, 2.05) is 97.9 Å². The van der Waals surface area contributed by atoms with E-state index >= 15 is 0 Å². The number of halogens is 1. The molecule has 1 aliphatic rings. The van der Waals surface area contributed by atoms with Crippen molar-refractivity contribution in [1.82, 2.24) is 4.57 Å². The Morgan fingerprint density at radius 1 is 1.07 bits per heavy atom. The number of aromatic nitrogens is 1. The van der Waals surface area contributed by atoms with Gasteiger partial charge in [0.25, 0.3) is 5.56 Å². The normalized spacial score (nSPS) is 14.9. The first-order chi connectivity index (χ1) is 19.8. The molecule has 1 aromatic heterocycles. The Morgan fingerprint density at radius 2 is 1.78 bits per heavy atom. The van der Waals surface area contributed by atoms with Gasteiger partial charge in [0.2, 0.25) is 0 Å². The van der Waals surface area contributed by atoms with Gasteiger partial charge >= 0.3 is 5.97 Å². The number of ether oxygens (including phenoxy) is 2. The molecule has 0 saturated carbocycles. The van der Waals surface area contributed by atoms with E-state index in [0.717, 1.165) is 22.4 Å². The minimum atomic E-state index is -0.649. The van der Waals surface area contributed by atoms with Gasteiger partial charge in [0.15, 0.2) is 4.80 Å². The number of hydrogen-bond donors (Lipinski definition) is 0. The van der Waals surface area contributed by atoms with Crippen molar-refractivity contribution in [3.63, 3.8) is 0 Å². The lowest BCUT2D eigenvalue weighted by Gasteiger charge is -2.25. The topological polar surface area (TPSA) is 73.1 Å². The fraction of sp³-hybridized carbons (Fsp3) is 0.219. The molecule has 1 atom stereocenters. The highest BCUT2D eigenvalue weighted by Gasteiger charge is 2.33. The van der Waals surface area contributed by atoms with E-state index in [-0.39, 0.29) is 12.2 Å². The highest BCUT2D eigenvalue weighted by Crippen LogP contribution is 2.31. The molecule has 9 heteroatoms. The summed E-state index contributed by atoms with van der Waals surface area (Å²) < 4.78 is 13.4. The Labute approximate surface area is 247 Å². The number of nitrogens with zero attached hydrogens (tertiary/aromatic N) is 3. The van der Waals surface area contributed by atoms with Crippen molar-refractivity contribution in [2.24, 2.45) is 4.99 Å². The predicted molar refractivity (Wildman–Crippen MR) is 163 cm³/mol. The molecule has 3 aromatic carbocycles. The van der Waals surface area contributed by atoms with E-state index in [4.69, 9.17) is 21.1 Å². The summed E-state index contributed by atoms with van der Waals surface area (Å²) in [5.41, 5.74) is 4.25. The largest absolute Gasteiger partial charge is 0.489 e. The summed E-state index contributed by atoms with van der Waals surface area (Å²) >= 11 is 7.53. The summed E-state index contributed by atoms with van der Waals surface area (Å²) in [5.74, 6) is 0.219. The van der Waals surface area contributed by atoms with Crippen LogP contribution < -0.4 is 24.5 Å². The quantitative estimate of drug-likeness (QED) is 0.268.